The van der Waals surface area contributed by atoms with Gasteiger partial charge < -0.3 is 24.2 Å². The van der Waals surface area contributed by atoms with E-state index in [-0.39, 0.29) is 18.7 Å². The Kier molecular flexibility index (Phi) is 7.26. The van der Waals surface area contributed by atoms with Crippen molar-refractivity contribution in [3.05, 3.63) is 53.6 Å². The van der Waals surface area contributed by atoms with Gasteiger partial charge in [0.15, 0.2) is 11.5 Å². The fraction of sp³-hybridized carbons (Fsp3) is 0.333. The predicted octanol–water partition coefficient (Wildman–Crippen LogP) is 2.41. The number of ether oxygens (including phenoxy) is 3. The van der Waals surface area contributed by atoms with E-state index >= 15 is 0 Å². The van der Waals surface area contributed by atoms with Gasteiger partial charge in [0.25, 0.3) is 0 Å². The first-order valence-corrected chi connectivity index (χ1v) is 8.72. The van der Waals surface area contributed by atoms with Gasteiger partial charge in [0, 0.05) is 13.5 Å². The standard InChI is InChI=1S/C21H25NO6/c1-22(16(21(24)25)10-14-8-6-5-7-9-14)19(23)13-15-11-17(26-2)20(28-4)18(12-15)27-3/h5-9,11-12,16H,10,13H2,1-4H3,(H,24,25). The molecular formula is C21H25NO6. The summed E-state index contributed by atoms with van der Waals surface area (Å²) in [5.74, 6) is -0.0676. The molecule has 2 aromatic rings. The molecule has 7 heteroatoms. The van der Waals surface area contributed by atoms with Crippen molar-refractivity contribution in [2.75, 3.05) is 28.4 Å². The van der Waals surface area contributed by atoms with Gasteiger partial charge in [-0.1, -0.05) is 30.3 Å². The Balaban J connectivity index is 2.21. The van der Waals surface area contributed by atoms with Crippen LogP contribution in [0, 0.1) is 0 Å². The van der Waals surface area contributed by atoms with Crippen molar-refractivity contribution in [3.8, 4) is 17.2 Å². The molecule has 2 aromatic carbocycles. The molecule has 1 unspecified atom stereocenters. The van der Waals surface area contributed by atoms with Gasteiger partial charge in [-0.15, -0.1) is 0 Å². The van der Waals surface area contributed by atoms with Gasteiger partial charge in [-0.25, -0.2) is 4.79 Å². The maximum atomic E-state index is 12.8. The van der Waals surface area contributed by atoms with Gasteiger partial charge >= 0.3 is 5.97 Å². The molecule has 1 N–H and O–H groups in total. The highest BCUT2D eigenvalue weighted by Crippen LogP contribution is 2.38. The summed E-state index contributed by atoms with van der Waals surface area (Å²) in [6.07, 6.45) is 0.236. The largest absolute Gasteiger partial charge is 0.493 e. The quantitative estimate of drug-likeness (QED) is 0.711. The smallest absolute Gasteiger partial charge is 0.326 e. The summed E-state index contributed by atoms with van der Waals surface area (Å²) in [7, 11) is 5.99. The maximum absolute atomic E-state index is 12.8. The van der Waals surface area contributed by atoms with E-state index < -0.39 is 12.0 Å². The molecule has 0 radical (unpaired) electrons. The molecule has 0 aliphatic heterocycles. The van der Waals surface area contributed by atoms with E-state index in [4.69, 9.17) is 14.2 Å². The monoisotopic (exact) mass is 387 g/mol. The number of carbonyl (C=O) groups is 2. The van der Waals surface area contributed by atoms with E-state index in [1.54, 1.807) is 12.1 Å². The van der Waals surface area contributed by atoms with Crippen molar-refractivity contribution >= 4 is 11.9 Å². The maximum Gasteiger partial charge on any atom is 0.326 e. The third-order valence-electron chi connectivity index (χ3n) is 4.50. The number of methoxy groups -OCH3 is 3. The highest BCUT2D eigenvalue weighted by atomic mass is 16.5. The molecule has 0 spiro atoms. The second kappa shape index (κ2) is 9.64. The number of hydrogen-bond acceptors (Lipinski definition) is 5. The van der Waals surface area contributed by atoms with Crippen LogP contribution < -0.4 is 14.2 Å². The summed E-state index contributed by atoms with van der Waals surface area (Å²) in [6, 6.07) is 11.6. The number of hydrogen-bond donors (Lipinski definition) is 1. The molecule has 1 atom stereocenters. The fourth-order valence-electron chi connectivity index (χ4n) is 2.94. The van der Waals surface area contributed by atoms with Crippen LogP contribution >= 0.6 is 0 Å². The summed E-state index contributed by atoms with van der Waals surface area (Å²) in [6.45, 7) is 0. The van der Waals surface area contributed by atoms with E-state index in [2.05, 4.69) is 0 Å². The van der Waals surface area contributed by atoms with Crippen molar-refractivity contribution in [2.45, 2.75) is 18.9 Å². The summed E-state index contributed by atoms with van der Waals surface area (Å²) in [5.41, 5.74) is 1.48. The Morgan fingerprint density at radius 3 is 2.00 bits per heavy atom. The fourth-order valence-corrected chi connectivity index (χ4v) is 2.94. The SMILES string of the molecule is COc1cc(CC(=O)N(C)C(Cc2ccccc2)C(=O)O)cc(OC)c1OC. The first-order chi connectivity index (χ1) is 13.4. The van der Waals surface area contributed by atoms with Crippen LogP contribution in [-0.2, 0) is 22.4 Å². The normalized spacial score (nSPS) is 11.4. The van der Waals surface area contributed by atoms with E-state index in [0.29, 0.717) is 22.8 Å². The zero-order valence-corrected chi connectivity index (χ0v) is 16.5. The van der Waals surface area contributed by atoms with Crippen LogP contribution in [-0.4, -0.2) is 56.3 Å². The summed E-state index contributed by atoms with van der Waals surface area (Å²) >= 11 is 0. The van der Waals surface area contributed by atoms with Crippen molar-refractivity contribution in [1.29, 1.82) is 0 Å². The topological polar surface area (TPSA) is 85.3 Å². The van der Waals surface area contributed by atoms with E-state index in [1.165, 1.54) is 33.3 Å². The second-order valence-electron chi connectivity index (χ2n) is 6.26. The lowest BCUT2D eigenvalue weighted by molar-refractivity contribution is -0.148. The lowest BCUT2D eigenvalue weighted by atomic mass is 10.0. The molecule has 7 nitrogen and oxygen atoms in total. The van der Waals surface area contributed by atoms with E-state index in [9.17, 15) is 14.7 Å². The van der Waals surface area contributed by atoms with Crippen LogP contribution in [0.4, 0.5) is 0 Å². The third kappa shape index (κ3) is 4.94. The minimum absolute atomic E-state index is 0.00574. The second-order valence-corrected chi connectivity index (χ2v) is 6.26. The molecule has 1 amide bonds. The van der Waals surface area contributed by atoms with Gasteiger partial charge in [0.05, 0.1) is 27.8 Å². The van der Waals surface area contributed by atoms with Gasteiger partial charge in [-0.05, 0) is 23.3 Å². The van der Waals surface area contributed by atoms with E-state index in [0.717, 1.165) is 5.56 Å². The molecule has 0 bridgehead atoms. The number of aliphatic carboxylic acids is 1. The van der Waals surface area contributed by atoms with Crippen LogP contribution in [0.2, 0.25) is 0 Å². The van der Waals surface area contributed by atoms with Crippen LogP contribution in [0.5, 0.6) is 17.2 Å². The molecule has 150 valence electrons. The molecule has 0 aliphatic carbocycles. The molecule has 0 aromatic heterocycles. The number of benzene rings is 2. The number of amides is 1. The van der Waals surface area contributed by atoms with Gasteiger partial charge in [-0.3, -0.25) is 4.79 Å². The molecule has 0 saturated carbocycles. The molecule has 28 heavy (non-hydrogen) atoms. The van der Waals surface area contributed by atoms with Crippen LogP contribution in [0.15, 0.2) is 42.5 Å². The number of rotatable bonds is 9. The average molecular weight is 387 g/mol. The van der Waals surface area contributed by atoms with Crippen molar-refractivity contribution in [1.82, 2.24) is 4.90 Å². The number of likely N-dealkylation sites (N-methyl/N-ethyl adjacent to an activating group) is 1. The van der Waals surface area contributed by atoms with Crippen molar-refractivity contribution in [3.63, 3.8) is 0 Å². The Bertz CT molecular complexity index is 796. The molecule has 0 heterocycles. The Labute approximate surface area is 164 Å². The third-order valence-corrected chi connectivity index (χ3v) is 4.50. The van der Waals surface area contributed by atoms with Crippen LogP contribution in [0.3, 0.4) is 0 Å². The van der Waals surface area contributed by atoms with Crippen molar-refractivity contribution < 1.29 is 28.9 Å². The summed E-state index contributed by atoms with van der Waals surface area (Å²) in [4.78, 5) is 25.8. The first-order valence-electron chi connectivity index (χ1n) is 8.72. The predicted molar refractivity (Wildman–Crippen MR) is 104 cm³/mol. The first kappa shape index (κ1) is 21.1. The number of nitrogens with zero attached hydrogens (tertiary/aromatic N) is 1. The van der Waals surface area contributed by atoms with Gasteiger partial charge in [0.1, 0.15) is 6.04 Å². The number of carboxylic acids is 1. The average Bonchev–Trinajstić information content (AvgIpc) is 2.71. The molecular weight excluding hydrogens is 362 g/mol. The number of carbonyl (C=O) groups excluding carboxylic acids is 1. The van der Waals surface area contributed by atoms with Crippen LogP contribution in [0.25, 0.3) is 0 Å². The highest BCUT2D eigenvalue weighted by Gasteiger charge is 2.27. The van der Waals surface area contributed by atoms with Gasteiger partial charge in [0.2, 0.25) is 11.7 Å². The van der Waals surface area contributed by atoms with E-state index in [1.807, 2.05) is 30.3 Å². The minimum Gasteiger partial charge on any atom is -0.493 e. The van der Waals surface area contributed by atoms with Crippen molar-refractivity contribution in [2.24, 2.45) is 0 Å². The molecule has 0 saturated heterocycles. The molecule has 0 fully saturated rings. The Hall–Kier alpha value is -3.22. The molecule has 2 rings (SSSR count). The van der Waals surface area contributed by atoms with Crippen LogP contribution in [0.1, 0.15) is 11.1 Å². The summed E-state index contributed by atoms with van der Waals surface area (Å²) in [5, 5.41) is 9.60. The molecule has 0 aliphatic rings. The Morgan fingerprint density at radius 1 is 0.964 bits per heavy atom. The zero-order valence-electron chi connectivity index (χ0n) is 16.5. The zero-order chi connectivity index (χ0) is 20.7. The lowest BCUT2D eigenvalue weighted by Gasteiger charge is -2.25. The minimum atomic E-state index is -1.05. The number of carboxylic acid groups (broad SMARTS) is 1. The highest BCUT2D eigenvalue weighted by molar-refractivity contribution is 5.85. The Morgan fingerprint density at radius 2 is 1.54 bits per heavy atom. The van der Waals surface area contributed by atoms with Gasteiger partial charge in [-0.2, -0.15) is 0 Å². The lowest BCUT2D eigenvalue weighted by Crippen LogP contribution is -2.44. The summed E-state index contributed by atoms with van der Waals surface area (Å²) < 4.78 is 15.9.